The lowest BCUT2D eigenvalue weighted by molar-refractivity contribution is 0.223. The molecule has 98 valence electrons. The van der Waals surface area contributed by atoms with Crippen LogP contribution in [0.15, 0.2) is 24.3 Å². The predicted molar refractivity (Wildman–Crippen MR) is 72.6 cm³/mol. The van der Waals surface area contributed by atoms with Gasteiger partial charge in [0.15, 0.2) is 0 Å². The van der Waals surface area contributed by atoms with Gasteiger partial charge in [-0.25, -0.2) is 0 Å². The summed E-state index contributed by atoms with van der Waals surface area (Å²) in [7, 11) is 3.68. The fourth-order valence-corrected chi connectivity index (χ4v) is 1.39. The van der Waals surface area contributed by atoms with Crippen molar-refractivity contribution in [3.8, 4) is 5.75 Å². The lowest BCUT2D eigenvalue weighted by atomic mass is 10.1. The summed E-state index contributed by atoms with van der Waals surface area (Å²) in [6, 6.07) is 8.10. The minimum absolute atomic E-state index is 0.221. The summed E-state index contributed by atoms with van der Waals surface area (Å²) >= 11 is 0. The van der Waals surface area contributed by atoms with Crippen molar-refractivity contribution in [3.63, 3.8) is 0 Å². The smallest absolute Gasteiger partial charge is 0.118 e. The van der Waals surface area contributed by atoms with Crippen LogP contribution in [-0.4, -0.2) is 43.9 Å². The molecule has 0 bridgehead atoms. The van der Waals surface area contributed by atoms with Crippen LogP contribution in [0.4, 0.5) is 0 Å². The Bertz CT molecular complexity index is 272. The van der Waals surface area contributed by atoms with Gasteiger partial charge in [0.05, 0.1) is 13.7 Å². The summed E-state index contributed by atoms with van der Waals surface area (Å²) in [4.78, 5) is 2.12. The first kappa shape index (κ1) is 15.9. The molecule has 0 aromatic heterocycles. The Morgan fingerprint density at radius 2 is 1.71 bits per heavy atom. The molecule has 0 aliphatic carbocycles. The van der Waals surface area contributed by atoms with E-state index in [4.69, 9.17) is 9.84 Å². The molecular formula is C14H25NO2. The highest BCUT2D eigenvalue weighted by molar-refractivity contribution is 5.27. The highest BCUT2D eigenvalue weighted by Crippen LogP contribution is 2.11. The molecule has 0 heterocycles. The Balaban J connectivity index is 0.00000121. The molecule has 0 fully saturated rings. The molecule has 0 spiro atoms. The summed E-state index contributed by atoms with van der Waals surface area (Å²) in [6.45, 7) is 5.92. The average molecular weight is 239 g/mol. The molecule has 0 aliphatic rings. The third-order valence-corrected chi connectivity index (χ3v) is 2.42. The Morgan fingerprint density at radius 1 is 1.12 bits per heavy atom. The minimum Gasteiger partial charge on any atom is -0.497 e. The van der Waals surface area contributed by atoms with E-state index in [9.17, 15) is 0 Å². The van der Waals surface area contributed by atoms with Crippen LogP contribution in [0.5, 0.6) is 5.75 Å². The molecule has 17 heavy (non-hydrogen) atoms. The zero-order valence-corrected chi connectivity index (χ0v) is 11.4. The normalized spacial score (nSPS) is 9.76. The molecule has 0 amide bonds. The Morgan fingerprint density at radius 3 is 2.18 bits per heavy atom. The molecule has 0 aliphatic heterocycles. The standard InChI is InChI=1S/C12H19NO2.C2H6/c1-13(9-10-14)8-7-11-3-5-12(15-2)6-4-11;1-2/h3-6,14H,7-10H2,1-2H3;1-2H3. The largest absolute Gasteiger partial charge is 0.497 e. The quantitative estimate of drug-likeness (QED) is 0.826. The van der Waals surface area contributed by atoms with Gasteiger partial charge in [-0.15, -0.1) is 0 Å². The average Bonchev–Trinajstić information content (AvgIpc) is 2.40. The minimum atomic E-state index is 0.221. The summed E-state index contributed by atoms with van der Waals surface area (Å²) < 4.78 is 5.09. The van der Waals surface area contributed by atoms with Crippen LogP contribution in [0.2, 0.25) is 0 Å². The second-order valence-electron chi connectivity index (χ2n) is 3.62. The lowest BCUT2D eigenvalue weighted by Crippen LogP contribution is -2.24. The van der Waals surface area contributed by atoms with Gasteiger partial charge in [0.25, 0.3) is 0 Å². The van der Waals surface area contributed by atoms with Gasteiger partial charge >= 0.3 is 0 Å². The Kier molecular flexibility index (Phi) is 9.49. The van der Waals surface area contributed by atoms with E-state index in [1.165, 1.54) is 5.56 Å². The molecule has 0 atom stereocenters. The monoisotopic (exact) mass is 239 g/mol. The first-order chi connectivity index (χ1) is 8.26. The Hall–Kier alpha value is -1.06. The zero-order chi connectivity index (χ0) is 13.1. The molecule has 3 nitrogen and oxygen atoms in total. The molecule has 0 saturated heterocycles. The second-order valence-corrected chi connectivity index (χ2v) is 3.62. The van der Waals surface area contributed by atoms with E-state index in [1.807, 2.05) is 33.0 Å². The molecule has 0 saturated carbocycles. The highest BCUT2D eigenvalue weighted by Gasteiger charge is 1.98. The van der Waals surface area contributed by atoms with Gasteiger partial charge in [0, 0.05) is 13.1 Å². The number of likely N-dealkylation sites (N-methyl/N-ethyl adjacent to an activating group) is 1. The number of benzene rings is 1. The van der Waals surface area contributed by atoms with Gasteiger partial charge in [-0.3, -0.25) is 0 Å². The first-order valence-corrected chi connectivity index (χ1v) is 6.18. The van der Waals surface area contributed by atoms with Crippen molar-refractivity contribution >= 4 is 0 Å². The van der Waals surface area contributed by atoms with E-state index in [0.717, 1.165) is 25.3 Å². The topological polar surface area (TPSA) is 32.7 Å². The van der Waals surface area contributed by atoms with E-state index >= 15 is 0 Å². The van der Waals surface area contributed by atoms with Crippen LogP contribution in [0, 0.1) is 0 Å². The van der Waals surface area contributed by atoms with E-state index < -0.39 is 0 Å². The number of nitrogens with zero attached hydrogens (tertiary/aromatic N) is 1. The maximum absolute atomic E-state index is 8.74. The van der Waals surface area contributed by atoms with Gasteiger partial charge in [0.1, 0.15) is 5.75 Å². The van der Waals surface area contributed by atoms with Crippen LogP contribution in [0.1, 0.15) is 19.4 Å². The van der Waals surface area contributed by atoms with E-state index in [-0.39, 0.29) is 6.61 Å². The van der Waals surface area contributed by atoms with E-state index in [0.29, 0.717) is 0 Å². The number of aliphatic hydroxyl groups is 1. The Labute approximate surface area is 105 Å². The predicted octanol–water partition coefficient (Wildman–Crippen LogP) is 2.19. The molecule has 1 aromatic carbocycles. The maximum Gasteiger partial charge on any atom is 0.118 e. The van der Waals surface area contributed by atoms with Gasteiger partial charge in [0.2, 0.25) is 0 Å². The number of methoxy groups -OCH3 is 1. The number of rotatable bonds is 6. The lowest BCUT2D eigenvalue weighted by Gasteiger charge is -2.14. The van der Waals surface area contributed by atoms with E-state index in [1.54, 1.807) is 7.11 Å². The number of hydrogen-bond donors (Lipinski definition) is 1. The summed E-state index contributed by atoms with van der Waals surface area (Å²) in [5, 5.41) is 8.74. The van der Waals surface area contributed by atoms with Gasteiger partial charge in [-0.2, -0.15) is 0 Å². The fourth-order valence-electron chi connectivity index (χ4n) is 1.39. The van der Waals surface area contributed by atoms with Gasteiger partial charge in [-0.05, 0) is 31.2 Å². The molecule has 1 N–H and O–H groups in total. The summed E-state index contributed by atoms with van der Waals surface area (Å²) in [5.74, 6) is 0.891. The highest BCUT2D eigenvalue weighted by atomic mass is 16.5. The first-order valence-electron chi connectivity index (χ1n) is 6.18. The van der Waals surface area contributed by atoms with Gasteiger partial charge in [-0.1, -0.05) is 26.0 Å². The number of hydrogen-bond acceptors (Lipinski definition) is 3. The number of ether oxygens (including phenoxy) is 1. The molecule has 3 heteroatoms. The fraction of sp³-hybridized carbons (Fsp3) is 0.571. The zero-order valence-electron chi connectivity index (χ0n) is 11.4. The van der Waals surface area contributed by atoms with Crippen LogP contribution in [0.25, 0.3) is 0 Å². The van der Waals surface area contributed by atoms with Crippen molar-refractivity contribution in [3.05, 3.63) is 29.8 Å². The summed E-state index contributed by atoms with van der Waals surface area (Å²) in [5.41, 5.74) is 1.29. The third-order valence-electron chi connectivity index (χ3n) is 2.42. The van der Waals surface area contributed by atoms with Crippen molar-refractivity contribution in [1.82, 2.24) is 4.90 Å². The van der Waals surface area contributed by atoms with Crippen molar-refractivity contribution < 1.29 is 9.84 Å². The van der Waals surface area contributed by atoms with E-state index in [2.05, 4.69) is 17.0 Å². The van der Waals surface area contributed by atoms with Crippen molar-refractivity contribution in [2.75, 3.05) is 33.9 Å². The maximum atomic E-state index is 8.74. The third kappa shape index (κ3) is 6.97. The molecule has 0 radical (unpaired) electrons. The SMILES string of the molecule is CC.COc1ccc(CCN(C)CCO)cc1. The van der Waals surface area contributed by atoms with Crippen LogP contribution < -0.4 is 4.74 Å². The van der Waals surface area contributed by atoms with Crippen LogP contribution in [0.3, 0.4) is 0 Å². The van der Waals surface area contributed by atoms with Crippen molar-refractivity contribution in [1.29, 1.82) is 0 Å². The van der Waals surface area contributed by atoms with Crippen molar-refractivity contribution in [2.45, 2.75) is 20.3 Å². The molecule has 0 unspecified atom stereocenters. The van der Waals surface area contributed by atoms with Crippen molar-refractivity contribution in [2.24, 2.45) is 0 Å². The van der Waals surface area contributed by atoms with Crippen LogP contribution >= 0.6 is 0 Å². The summed E-state index contributed by atoms with van der Waals surface area (Å²) in [6.07, 6.45) is 1.00. The molecule has 1 rings (SSSR count). The molecular weight excluding hydrogens is 214 g/mol. The van der Waals surface area contributed by atoms with Gasteiger partial charge < -0.3 is 14.7 Å². The number of aliphatic hydroxyl groups excluding tert-OH is 1. The van der Waals surface area contributed by atoms with Crippen LogP contribution in [-0.2, 0) is 6.42 Å². The molecule has 1 aromatic rings. The second kappa shape index (κ2) is 10.1.